The Morgan fingerprint density at radius 1 is 1.14 bits per heavy atom. The molecule has 1 fully saturated rings. The number of halogens is 3. The van der Waals surface area contributed by atoms with Gasteiger partial charge in [0.05, 0.1) is 11.3 Å². The molecule has 0 spiro atoms. The normalized spacial score (nSPS) is 20.3. The zero-order chi connectivity index (χ0) is 20.6. The highest BCUT2D eigenvalue weighted by Gasteiger charge is 2.31. The van der Waals surface area contributed by atoms with Crippen molar-refractivity contribution in [2.24, 2.45) is 11.8 Å². The Labute approximate surface area is 160 Å². The summed E-state index contributed by atoms with van der Waals surface area (Å²) in [5.41, 5.74) is -1.14. The minimum atomic E-state index is -4.50. The third-order valence-electron chi connectivity index (χ3n) is 4.88. The topological polar surface area (TPSA) is 55.2 Å². The van der Waals surface area contributed by atoms with E-state index in [9.17, 15) is 22.8 Å². The van der Waals surface area contributed by atoms with Crippen molar-refractivity contribution in [3.8, 4) is 5.69 Å². The lowest BCUT2D eigenvalue weighted by atomic mass is 9.92. The minimum absolute atomic E-state index is 0.141. The molecular formula is C20H22F3N3O2. The van der Waals surface area contributed by atoms with Crippen LogP contribution in [0.2, 0.25) is 0 Å². The summed E-state index contributed by atoms with van der Waals surface area (Å²) in [7, 11) is 0. The number of rotatable bonds is 2. The van der Waals surface area contributed by atoms with Crippen LogP contribution >= 0.6 is 0 Å². The number of nitrogens with zero attached hydrogens (tertiary/aromatic N) is 3. The van der Waals surface area contributed by atoms with Crippen LogP contribution in [-0.2, 0) is 6.18 Å². The quantitative estimate of drug-likeness (QED) is 0.782. The van der Waals surface area contributed by atoms with Crippen molar-refractivity contribution in [2.75, 3.05) is 13.1 Å². The van der Waals surface area contributed by atoms with Crippen LogP contribution in [0.25, 0.3) is 5.69 Å². The Hall–Kier alpha value is -2.64. The Morgan fingerprint density at radius 2 is 1.79 bits per heavy atom. The Bertz CT molecular complexity index is 942. The number of likely N-dealkylation sites (tertiary alicyclic amines) is 1. The van der Waals surface area contributed by atoms with Crippen molar-refractivity contribution >= 4 is 5.91 Å². The SMILES string of the molecule is Cc1cc(=O)c(C(=O)N2CC(C)CC(C)C2)nn1-c1cccc(C(F)(F)F)c1. The van der Waals surface area contributed by atoms with Crippen LogP contribution in [0.4, 0.5) is 13.2 Å². The fourth-order valence-corrected chi connectivity index (χ4v) is 3.75. The molecule has 0 bridgehead atoms. The highest BCUT2D eigenvalue weighted by Crippen LogP contribution is 2.30. The maximum absolute atomic E-state index is 13.0. The summed E-state index contributed by atoms with van der Waals surface area (Å²) in [6, 6.07) is 5.87. The van der Waals surface area contributed by atoms with Gasteiger partial charge in [-0.15, -0.1) is 0 Å². The molecule has 1 aromatic heterocycles. The number of aromatic nitrogens is 2. The van der Waals surface area contributed by atoms with Crippen molar-refractivity contribution in [3.63, 3.8) is 0 Å². The Morgan fingerprint density at radius 3 is 2.39 bits per heavy atom. The second kappa shape index (κ2) is 7.41. The second-order valence-electron chi connectivity index (χ2n) is 7.61. The van der Waals surface area contributed by atoms with Gasteiger partial charge in [0, 0.05) is 24.8 Å². The lowest BCUT2D eigenvalue weighted by molar-refractivity contribution is -0.137. The molecule has 1 saturated heterocycles. The summed E-state index contributed by atoms with van der Waals surface area (Å²) in [6.45, 7) is 6.70. The maximum atomic E-state index is 13.0. The molecule has 0 aliphatic carbocycles. The van der Waals surface area contributed by atoms with Gasteiger partial charge in [-0.25, -0.2) is 4.68 Å². The third-order valence-corrected chi connectivity index (χ3v) is 4.88. The first kappa shape index (κ1) is 20.1. The number of aryl methyl sites for hydroxylation is 1. The van der Waals surface area contributed by atoms with Gasteiger partial charge in [-0.3, -0.25) is 9.59 Å². The molecule has 2 atom stereocenters. The van der Waals surface area contributed by atoms with Crippen LogP contribution in [0.3, 0.4) is 0 Å². The van der Waals surface area contributed by atoms with Crippen LogP contribution < -0.4 is 5.43 Å². The molecule has 1 aliphatic heterocycles. The summed E-state index contributed by atoms with van der Waals surface area (Å²) >= 11 is 0. The van der Waals surface area contributed by atoms with E-state index in [1.165, 1.54) is 22.9 Å². The number of alkyl halides is 3. The fourth-order valence-electron chi connectivity index (χ4n) is 3.75. The molecular weight excluding hydrogens is 371 g/mol. The number of piperidine rings is 1. The van der Waals surface area contributed by atoms with E-state index in [1.54, 1.807) is 11.8 Å². The van der Waals surface area contributed by atoms with Crippen LogP contribution in [0.15, 0.2) is 35.1 Å². The van der Waals surface area contributed by atoms with Gasteiger partial charge < -0.3 is 4.90 Å². The number of benzene rings is 1. The Balaban J connectivity index is 2.02. The van der Waals surface area contributed by atoms with E-state index in [1.807, 2.05) is 13.8 Å². The summed E-state index contributed by atoms with van der Waals surface area (Å²) in [5.74, 6) is 0.136. The zero-order valence-electron chi connectivity index (χ0n) is 16.0. The van der Waals surface area contributed by atoms with Crippen molar-refractivity contribution < 1.29 is 18.0 Å². The molecule has 28 heavy (non-hydrogen) atoms. The van der Waals surface area contributed by atoms with E-state index in [0.717, 1.165) is 18.6 Å². The summed E-state index contributed by atoms with van der Waals surface area (Å²) in [4.78, 5) is 26.9. The number of amides is 1. The first-order chi connectivity index (χ1) is 13.1. The average Bonchev–Trinajstić information content (AvgIpc) is 2.60. The molecule has 2 unspecified atom stereocenters. The minimum Gasteiger partial charge on any atom is -0.337 e. The highest BCUT2D eigenvalue weighted by molar-refractivity contribution is 5.92. The monoisotopic (exact) mass is 393 g/mol. The molecule has 1 aromatic carbocycles. The van der Waals surface area contributed by atoms with Crippen LogP contribution in [0, 0.1) is 18.8 Å². The third kappa shape index (κ3) is 4.10. The predicted molar refractivity (Wildman–Crippen MR) is 98.4 cm³/mol. The highest BCUT2D eigenvalue weighted by atomic mass is 19.4. The van der Waals surface area contributed by atoms with Gasteiger partial charge in [0.2, 0.25) is 5.43 Å². The average molecular weight is 393 g/mol. The first-order valence-corrected chi connectivity index (χ1v) is 9.14. The molecule has 1 aliphatic rings. The summed E-state index contributed by atoms with van der Waals surface area (Å²) in [5, 5.41) is 4.14. The van der Waals surface area contributed by atoms with E-state index in [0.29, 0.717) is 30.6 Å². The first-order valence-electron chi connectivity index (χ1n) is 9.14. The van der Waals surface area contributed by atoms with E-state index in [-0.39, 0.29) is 11.4 Å². The molecule has 0 saturated carbocycles. The number of carbonyl (C=O) groups excluding carboxylic acids is 1. The van der Waals surface area contributed by atoms with Gasteiger partial charge >= 0.3 is 6.18 Å². The maximum Gasteiger partial charge on any atom is 0.416 e. The lowest BCUT2D eigenvalue weighted by Gasteiger charge is -2.34. The summed E-state index contributed by atoms with van der Waals surface area (Å²) in [6.07, 6.45) is -3.50. The van der Waals surface area contributed by atoms with Gasteiger partial charge in [-0.2, -0.15) is 18.3 Å². The van der Waals surface area contributed by atoms with Gasteiger partial charge in [-0.05, 0) is 43.4 Å². The van der Waals surface area contributed by atoms with Crippen molar-refractivity contribution in [2.45, 2.75) is 33.4 Å². The van der Waals surface area contributed by atoms with Gasteiger partial charge in [-0.1, -0.05) is 19.9 Å². The fraction of sp³-hybridized carbons (Fsp3) is 0.450. The number of hydrogen-bond acceptors (Lipinski definition) is 3. The van der Waals surface area contributed by atoms with Crippen LogP contribution in [0.5, 0.6) is 0 Å². The van der Waals surface area contributed by atoms with E-state index < -0.39 is 23.1 Å². The van der Waals surface area contributed by atoms with Crippen LogP contribution in [-0.4, -0.2) is 33.7 Å². The van der Waals surface area contributed by atoms with E-state index in [4.69, 9.17) is 0 Å². The van der Waals surface area contributed by atoms with Crippen molar-refractivity contribution in [3.05, 3.63) is 57.5 Å². The van der Waals surface area contributed by atoms with Crippen molar-refractivity contribution in [1.82, 2.24) is 14.7 Å². The molecule has 0 N–H and O–H groups in total. The molecule has 150 valence electrons. The standard InChI is InChI=1S/C20H22F3N3O2/c1-12-7-13(2)11-25(10-12)19(28)18-17(27)8-14(3)26(24-18)16-6-4-5-15(9-16)20(21,22)23/h4-6,8-9,12-13H,7,10-11H2,1-3H3. The predicted octanol–water partition coefficient (Wildman–Crippen LogP) is 3.68. The van der Waals surface area contributed by atoms with Gasteiger partial charge in [0.15, 0.2) is 5.69 Å². The molecule has 2 heterocycles. The van der Waals surface area contributed by atoms with Gasteiger partial charge in [0.25, 0.3) is 5.91 Å². The lowest BCUT2D eigenvalue weighted by Crippen LogP contribution is -2.44. The largest absolute Gasteiger partial charge is 0.416 e. The van der Waals surface area contributed by atoms with Gasteiger partial charge in [0.1, 0.15) is 0 Å². The van der Waals surface area contributed by atoms with Crippen LogP contribution in [0.1, 0.15) is 42.0 Å². The number of hydrogen-bond donors (Lipinski definition) is 0. The molecule has 2 aromatic rings. The molecule has 0 radical (unpaired) electrons. The molecule has 5 nitrogen and oxygen atoms in total. The zero-order valence-corrected chi connectivity index (χ0v) is 16.0. The van der Waals surface area contributed by atoms with Crippen molar-refractivity contribution in [1.29, 1.82) is 0 Å². The van der Waals surface area contributed by atoms with E-state index in [2.05, 4.69) is 5.10 Å². The molecule has 8 heteroatoms. The molecule has 3 rings (SSSR count). The molecule has 1 amide bonds. The summed E-state index contributed by atoms with van der Waals surface area (Å²) < 4.78 is 40.3. The Kier molecular flexibility index (Phi) is 5.32. The second-order valence-corrected chi connectivity index (χ2v) is 7.61. The number of carbonyl (C=O) groups is 1. The smallest absolute Gasteiger partial charge is 0.337 e. The van der Waals surface area contributed by atoms with E-state index >= 15 is 0 Å².